The predicted octanol–water partition coefficient (Wildman–Crippen LogP) is 5.17. The van der Waals surface area contributed by atoms with E-state index in [9.17, 15) is 9.59 Å². The second-order valence-corrected chi connectivity index (χ2v) is 8.01. The number of nitrogens with zero attached hydrogens (tertiary/aromatic N) is 5. The summed E-state index contributed by atoms with van der Waals surface area (Å²) in [7, 11) is 3.24. The van der Waals surface area contributed by atoms with Crippen LogP contribution in [-0.2, 0) is 9.53 Å². The first-order valence-electron chi connectivity index (χ1n) is 12.9. The van der Waals surface area contributed by atoms with Crippen LogP contribution >= 0.6 is 0 Å². The molecule has 2 aromatic rings. The minimum atomic E-state index is -0.132. The van der Waals surface area contributed by atoms with Crippen LogP contribution in [0.3, 0.4) is 0 Å². The number of imidazole rings is 1. The van der Waals surface area contributed by atoms with Crippen molar-refractivity contribution in [3.8, 4) is 0 Å². The molecule has 0 saturated carbocycles. The van der Waals surface area contributed by atoms with Crippen molar-refractivity contribution < 1.29 is 9.53 Å². The quantitative estimate of drug-likeness (QED) is 0.322. The summed E-state index contributed by atoms with van der Waals surface area (Å²) in [5, 5.41) is 3.39. The molecule has 36 heavy (non-hydrogen) atoms. The Bertz CT molecular complexity index is 1130. The number of likely N-dealkylation sites (tertiary alicyclic amines) is 1. The minimum Gasteiger partial charge on any atom is -0.480 e. The van der Waals surface area contributed by atoms with Crippen molar-refractivity contribution in [1.29, 1.82) is 0 Å². The molecule has 1 aliphatic rings. The van der Waals surface area contributed by atoms with Gasteiger partial charge in [-0.15, -0.1) is 0 Å². The molecule has 2 aromatic heterocycles. The van der Waals surface area contributed by atoms with Gasteiger partial charge >= 0.3 is 0 Å². The molecule has 1 aliphatic heterocycles. The van der Waals surface area contributed by atoms with Crippen molar-refractivity contribution >= 4 is 28.5 Å². The first-order chi connectivity index (χ1) is 17.4. The highest BCUT2D eigenvalue weighted by atomic mass is 16.5. The van der Waals surface area contributed by atoms with E-state index in [1.807, 2.05) is 59.1 Å². The van der Waals surface area contributed by atoms with Gasteiger partial charge in [0.25, 0.3) is 5.56 Å². The molecule has 3 rings (SSSR count). The molecule has 200 valence electrons. The average molecular weight is 501 g/mol. The number of aliphatic imine (C=N–C) groups is 1. The van der Waals surface area contributed by atoms with Crippen LogP contribution in [0.2, 0.25) is 0 Å². The van der Waals surface area contributed by atoms with Crippen molar-refractivity contribution in [2.45, 2.75) is 73.4 Å². The SMILES string of the molecule is C=CC(=O)N1CCC(n2cc(N/C(=C/CC)C(=NC)OC)c3ncn(C(C)C)c3c2=O)C1.CC.CC. The van der Waals surface area contributed by atoms with Gasteiger partial charge in [-0.2, -0.15) is 0 Å². The van der Waals surface area contributed by atoms with Crippen molar-refractivity contribution in [2.24, 2.45) is 4.99 Å². The maximum atomic E-state index is 13.5. The second-order valence-electron chi connectivity index (χ2n) is 8.01. The van der Waals surface area contributed by atoms with Gasteiger partial charge in [0.2, 0.25) is 11.8 Å². The van der Waals surface area contributed by atoms with Crippen LogP contribution in [0.4, 0.5) is 5.69 Å². The molecule has 9 nitrogen and oxygen atoms in total. The van der Waals surface area contributed by atoms with Crippen LogP contribution in [0, 0.1) is 0 Å². The normalized spacial score (nSPS) is 15.7. The summed E-state index contributed by atoms with van der Waals surface area (Å²) in [6.45, 7) is 18.7. The molecular weight excluding hydrogens is 456 g/mol. The summed E-state index contributed by atoms with van der Waals surface area (Å²) >= 11 is 0. The number of methoxy groups -OCH3 is 1. The number of aromatic nitrogens is 3. The highest BCUT2D eigenvalue weighted by Gasteiger charge is 2.29. The molecule has 9 heteroatoms. The highest BCUT2D eigenvalue weighted by Crippen LogP contribution is 2.28. The number of rotatable bonds is 7. The molecule has 1 saturated heterocycles. The Morgan fingerprint density at radius 1 is 1.33 bits per heavy atom. The third-order valence-corrected chi connectivity index (χ3v) is 5.66. The van der Waals surface area contributed by atoms with E-state index in [2.05, 4.69) is 21.9 Å². The summed E-state index contributed by atoms with van der Waals surface area (Å²) in [6.07, 6.45) is 8.25. The van der Waals surface area contributed by atoms with Crippen molar-refractivity contribution in [3.05, 3.63) is 47.3 Å². The van der Waals surface area contributed by atoms with Crippen molar-refractivity contribution in [1.82, 2.24) is 19.0 Å². The molecule has 1 unspecified atom stereocenters. The molecule has 1 amide bonds. The van der Waals surface area contributed by atoms with Gasteiger partial charge in [-0.1, -0.05) is 47.3 Å². The smallest absolute Gasteiger partial charge is 0.277 e. The standard InChI is InChI=1S/C23H32N6O3.2C2H6/c1-7-9-17(22(24-5)32-6)26-18-13-28(16-10-11-27(12-16)19(30)8-2)23(31)21-20(18)25-14-29(21)15(3)4;2*1-2/h8-9,13-16,26H,2,7,10-12H2,1,3-6H3;2*1-2H3/b17-9+,24-22?;;. The maximum Gasteiger partial charge on any atom is 0.277 e. The van der Waals surface area contributed by atoms with Crippen LogP contribution in [0.25, 0.3) is 11.0 Å². The van der Waals surface area contributed by atoms with Crippen molar-refractivity contribution in [3.63, 3.8) is 0 Å². The van der Waals surface area contributed by atoms with E-state index in [4.69, 9.17) is 4.74 Å². The summed E-state index contributed by atoms with van der Waals surface area (Å²) in [6, 6.07) is -0.0663. The lowest BCUT2D eigenvalue weighted by Crippen LogP contribution is -2.31. The number of hydrogen-bond acceptors (Lipinski definition) is 6. The van der Waals surface area contributed by atoms with Gasteiger partial charge in [0.15, 0.2) is 0 Å². The van der Waals surface area contributed by atoms with Gasteiger partial charge in [0, 0.05) is 32.4 Å². The predicted molar refractivity (Wildman–Crippen MR) is 150 cm³/mol. The number of fused-ring (bicyclic) bond motifs is 1. The second kappa shape index (κ2) is 14.9. The van der Waals surface area contributed by atoms with E-state index in [0.717, 1.165) is 6.42 Å². The van der Waals surface area contributed by atoms with E-state index in [-0.39, 0.29) is 23.6 Å². The van der Waals surface area contributed by atoms with Crippen LogP contribution in [0.15, 0.2) is 46.7 Å². The number of pyridine rings is 1. The summed E-state index contributed by atoms with van der Waals surface area (Å²) in [4.78, 5) is 36.1. The summed E-state index contributed by atoms with van der Waals surface area (Å²) in [5.41, 5.74) is 2.39. The first kappa shape index (κ1) is 30.7. The molecule has 0 radical (unpaired) electrons. The lowest BCUT2D eigenvalue weighted by molar-refractivity contribution is -0.125. The fourth-order valence-electron chi connectivity index (χ4n) is 4.07. The van der Waals surface area contributed by atoms with Crippen LogP contribution in [0.1, 0.15) is 73.4 Å². The fourth-order valence-corrected chi connectivity index (χ4v) is 4.07. The molecule has 1 atom stereocenters. The van der Waals surface area contributed by atoms with Gasteiger partial charge in [-0.3, -0.25) is 14.6 Å². The molecule has 0 bridgehead atoms. The molecule has 0 spiro atoms. The highest BCUT2D eigenvalue weighted by molar-refractivity contribution is 5.99. The number of hydrogen-bond donors (Lipinski definition) is 1. The largest absolute Gasteiger partial charge is 0.480 e. The molecule has 0 aliphatic carbocycles. The minimum absolute atomic E-state index is 0.0659. The number of anilines is 1. The summed E-state index contributed by atoms with van der Waals surface area (Å²) in [5.74, 6) is 0.342. The van der Waals surface area contributed by atoms with E-state index < -0.39 is 0 Å². The Kier molecular flexibility index (Phi) is 12.7. The van der Waals surface area contributed by atoms with Gasteiger partial charge in [0.05, 0.1) is 30.9 Å². The first-order valence-corrected chi connectivity index (χ1v) is 12.9. The van der Waals surface area contributed by atoms with Gasteiger partial charge in [-0.05, 0) is 32.8 Å². The topological polar surface area (TPSA) is 93.8 Å². The lowest BCUT2D eigenvalue weighted by atomic mass is 10.2. The number of allylic oxidation sites excluding steroid dienone is 1. The Balaban J connectivity index is 0.00000154. The third kappa shape index (κ3) is 6.65. The monoisotopic (exact) mass is 500 g/mol. The third-order valence-electron chi connectivity index (χ3n) is 5.66. The number of ether oxygens (including phenoxy) is 1. The van der Waals surface area contributed by atoms with E-state index in [1.54, 1.807) is 36.1 Å². The molecule has 3 heterocycles. The number of carbonyl (C=O) groups excluding carboxylic acids is 1. The molecule has 1 N–H and O–H groups in total. The number of nitrogens with one attached hydrogen (secondary N) is 1. The van der Waals surface area contributed by atoms with Gasteiger partial charge < -0.3 is 24.1 Å². The Morgan fingerprint density at radius 3 is 2.53 bits per heavy atom. The van der Waals surface area contributed by atoms with Gasteiger partial charge in [-0.25, -0.2) is 4.98 Å². The zero-order chi connectivity index (χ0) is 27.4. The lowest BCUT2D eigenvalue weighted by Gasteiger charge is -2.20. The summed E-state index contributed by atoms with van der Waals surface area (Å²) < 4.78 is 9.03. The zero-order valence-corrected chi connectivity index (χ0v) is 23.5. The number of carbonyl (C=O) groups is 1. The average Bonchev–Trinajstić information content (AvgIpc) is 3.57. The van der Waals surface area contributed by atoms with Crippen LogP contribution < -0.4 is 10.9 Å². The molecular formula is C27H44N6O3. The number of amides is 1. The fraction of sp³-hybridized carbons (Fsp3) is 0.556. The van der Waals surface area contributed by atoms with E-state index >= 15 is 0 Å². The Morgan fingerprint density at radius 2 is 2.00 bits per heavy atom. The molecule has 1 fully saturated rings. The van der Waals surface area contributed by atoms with E-state index in [1.165, 1.54) is 6.08 Å². The maximum absolute atomic E-state index is 13.5. The Hall–Kier alpha value is -3.36. The van der Waals surface area contributed by atoms with Crippen LogP contribution in [0.5, 0.6) is 0 Å². The van der Waals surface area contributed by atoms with Gasteiger partial charge in [0.1, 0.15) is 11.0 Å². The van der Waals surface area contributed by atoms with Crippen LogP contribution in [-0.4, -0.2) is 58.1 Å². The van der Waals surface area contributed by atoms with E-state index in [0.29, 0.717) is 47.8 Å². The van der Waals surface area contributed by atoms with Crippen molar-refractivity contribution in [2.75, 3.05) is 32.6 Å². The Labute approximate surface area is 215 Å². The zero-order valence-electron chi connectivity index (χ0n) is 23.5. The molecule has 0 aromatic carbocycles.